The second-order valence-corrected chi connectivity index (χ2v) is 4.63. The number of nitrogens with zero attached hydrogens (tertiary/aromatic N) is 3. The first-order valence-corrected chi connectivity index (χ1v) is 6.37. The largest absolute Gasteiger partial charge is 0.469 e. The van der Waals surface area contributed by atoms with Crippen molar-refractivity contribution in [2.24, 2.45) is 5.92 Å². The van der Waals surface area contributed by atoms with Gasteiger partial charge in [0.1, 0.15) is 12.4 Å². The van der Waals surface area contributed by atoms with Crippen molar-refractivity contribution in [3.05, 3.63) is 16.4 Å². The van der Waals surface area contributed by atoms with Crippen molar-refractivity contribution in [3.63, 3.8) is 0 Å². The number of nitrogens with one attached hydrogen (secondary N) is 1. The third-order valence-electron chi connectivity index (χ3n) is 2.75. The highest BCUT2D eigenvalue weighted by Crippen LogP contribution is 2.31. The van der Waals surface area contributed by atoms with E-state index in [1.165, 1.54) is 6.33 Å². The van der Waals surface area contributed by atoms with Crippen LogP contribution in [0.15, 0.2) is 6.33 Å². The number of hydrogen-bond acceptors (Lipinski definition) is 6. The van der Waals surface area contributed by atoms with E-state index < -0.39 is 4.92 Å². The quantitative estimate of drug-likeness (QED) is 0.604. The van der Waals surface area contributed by atoms with Gasteiger partial charge in [0, 0.05) is 6.54 Å². The molecule has 1 N–H and O–H groups in total. The predicted molar refractivity (Wildman–Crippen MR) is 72.4 cm³/mol. The molecule has 1 aromatic rings. The average Bonchev–Trinajstić information content (AvgIpc) is 2.35. The Bertz CT molecular complexity index is 437. The number of aromatic nitrogens is 2. The zero-order valence-corrected chi connectivity index (χ0v) is 11.7. The minimum atomic E-state index is -0.514. The summed E-state index contributed by atoms with van der Waals surface area (Å²) in [5, 5.41) is 14.1. The number of hydrogen-bond donors (Lipinski definition) is 1. The van der Waals surface area contributed by atoms with E-state index in [9.17, 15) is 10.1 Å². The van der Waals surface area contributed by atoms with Crippen LogP contribution in [-0.2, 0) is 0 Å². The monoisotopic (exact) mass is 268 g/mol. The van der Waals surface area contributed by atoms with E-state index in [0.29, 0.717) is 6.54 Å². The Hall–Kier alpha value is -1.92. The van der Waals surface area contributed by atoms with Gasteiger partial charge in [-0.2, -0.15) is 4.98 Å². The molecule has 0 amide bonds. The molecule has 1 heterocycles. The highest BCUT2D eigenvalue weighted by atomic mass is 16.6. The summed E-state index contributed by atoms with van der Waals surface area (Å²) in [5.41, 5.74) is -0.205. The Morgan fingerprint density at radius 1 is 1.42 bits per heavy atom. The van der Waals surface area contributed by atoms with E-state index in [2.05, 4.69) is 15.3 Å². The summed E-state index contributed by atoms with van der Waals surface area (Å²) in [6, 6.07) is 0. The zero-order chi connectivity index (χ0) is 14.4. The molecule has 106 valence electrons. The fourth-order valence-corrected chi connectivity index (χ4v) is 1.30. The summed E-state index contributed by atoms with van der Waals surface area (Å²) < 4.78 is 5.56. The summed E-state index contributed by atoms with van der Waals surface area (Å²) in [4.78, 5) is 18.4. The van der Waals surface area contributed by atoms with Gasteiger partial charge in [-0.1, -0.05) is 20.8 Å². The molecule has 7 nitrogen and oxygen atoms in total. The van der Waals surface area contributed by atoms with E-state index in [0.717, 1.165) is 6.42 Å². The normalized spacial score (nSPS) is 12.3. The maximum Gasteiger partial charge on any atom is 0.372 e. The molecule has 0 fully saturated rings. The molecule has 0 aliphatic carbocycles. The van der Waals surface area contributed by atoms with Crippen molar-refractivity contribution >= 4 is 11.5 Å². The summed E-state index contributed by atoms with van der Waals surface area (Å²) >= 11 is 0. The van der Waals surface area contributed by atoms with Crippen LogP contribution in [0.3, 0.4) is 0 Å². The van der Waals surface area contributed by atoms with Crippen LogP contribution < -0.4 is 10.1 Å². The van der Waals surface area contributed by atoms with Gasteiger partial charge < -0.3 is 10.1 Å². The molecule has 0 saturated carbocycles. The smallest absolute Gasteiger partial charge is 0.372 e. The molecule has 7 heteroatoms. The molecular formula is C12H20N4O3. The van der Waals surface area contributed by atoms with Crippen LogP contribution in [0.25, 0.3) is 0 Å². The van der Waals surface area contributed by atoms with Crippen LogP contribution in [0.4, 0.5) is 11.5 Å². The molecule has 1 unspecified atom stereocenters. The summed E-state index contributed by atoms with van der Waals surface area (Å²) in [5.74, 6) is 0.453. The first kappa shape index (κ1) is 15.1. The Morgan fingerprint density at radius 2 is 2.11 bits per heavy atom. The Balaban J connectivity index is 3.06. The van der Waals surface area contributed by atoms with Gasteiger partial charge in [-0.25, -0.2) is 4.98 Å². The van der Waals surface area contributed by atoms with Crippen molar-refractivity contribution in [1.82, 2.24) is 9.97 Å². The lowest BCUT2D eigenvalue weighted by atomic mass is 10.1. The number of anilines is 1. The lowest BCUT2D eigenvalue weighted by Gasteiger charge is -2.17. The van der Waals surface area contributed by atoms with Gasteiger partial charge in [0.2, 0.25) is 5.82 Å². The van der Waals surface area contributed by atoms with Gasteiger partial charge in [-0.15, -0.1) is 0 Å². The van der Waals surface area contributed by atoms with E-state index >= 15 is 0 Å². The molecule has 0 aromatic carbocycles. The number of nitro groups is 1. The van der Waals surface area contributed by atoms with E-state index in [-0.39, 0.29) is 29.4 Å². The fourth-order valence-electron chi connectivity index (χ4n) is 1.30. The van der Waals surface area contributed by atoms with Gasteiger partial charge in [0.05, 0.1) is 4.92 Å². The second-order valence-electron chi connectivity index (χ2n) is 4.63. The Kier molecular flexibility index (Phi) is 5.47. The predicted octanol–water partition coefficient (Wildman–Crippen LogP) is 2.63. The molecule has 1 aromatic heterocycles. The lowest BCUT2D eigenvalue weighted by Crippen LogP contribution is -2.20. The molecule has 1 rings (SSSR count). The zero-order valence-electron chi connectivity index (χ0n) is 11.7. The second kappa shape index (κ2) is 6.86. The van der Waals surface area contributed by atoms with Gasteiger partial charge in [0.25, 0.3) is 5.88 Å². The molecule has 0 saturated heterocycles. The molecule has 0 aliphatic rings. The summed E-state index contributed by atoms with van der Waals surface area (Å²) in [6.45, 7) is 8.40. The Labute approximate surface area is 112 Å². The topological polar surface area (TPSA) is 90.2 Å². The standard InChI is InChI=1S/C12H20N4O3/c1-5-6-13-11-10(16(17)18)12(15-7-14-11)19-9(4)8(2)3/h7-9H,5-6H2,1-4H3,(H,13,14,15). The maximum absolute atomic E-state index is 11.2. The van der Waals surface area contributed by atoms with E-state index in [1.807, 2.05) is 27.7 Å². The van der Waals surface area contributed by atoms with Crippen LogP contribution in [0, 0.1) is 16.0 Å². The van der Waals surface area contributed by atoms with Crippen molar-refractivity contribution in [2.45, 2.75) is 40.2 Å². The molecule has 0 radical (unpaired) electrons. The first-order valence-electron chi connectivity index (χ1n) is 6.37. The highest BCUT2D eigenvalue weighted by Gasteiger charge is 2.26. The fraction of sp³-hybridized carbons (Fsp3) is 0.667. The summed E-state index contributed by atoms with van der Waals surface area (Å²) in [7, 11) is 0. The SMILES string of the molecule is CCCNc1ncnc(OC(C)C(C)C)c1[N+](=O)[O-]. The molecule has 0 spiro atoms. The van der Waals surface area contributed by atoms with Crippen LogP contribution >= 0.6 is 0 Å². The minimum Gasteiger partial charge on any atom is -0.469 e. The van der Waals surface area contributed by atoms with E-state index in [4.69, 9.17) is 4.74 Å². The van der Waals surface area contributed by atoms with Crippen LogP contribution in [0.1, 0.15) is 34.1 Å². The van der Waals surface area contributed by atoms with Gasteiger partial charge in [-0.3, -0.25) is 10.1 Å². The number of rotatable bonds is 7. The minimum absolute atomic E-state index is 0.0137. The van der Waals surface area contributed by atoms with Crippen molar-refractivity contribution in [1.29, 1.82) is 0 Å². The lowest BCUT2D eigenvalue weighted by molar-refractivity contribution is -0.385. The third-order valence-corrected chi connectivity index (χ3v) is 2.75. The van der Waals surface area contributed by atoms with Gasteiger partial charge in [0.15, 0.2) is 0 Å². The van der Waals surface area contributed by atoms with E-state index in [1.54, 1.807) is 0 Å². The first-order chi connectivity index (χ1) is 8.97. The molecule has 0 aliphatic heterocycles. The van der Waals surface area contributed by atoms with Crippen LogP contribution in [0.2, 0.25) is 0 Å². The molecular weight excluding hydrogens is 248 g/mol. The maximum atomic E-state index is 11.2. The van der Waals surface area contributed by atoms with Gasteiger partial charge >= 0.3 is 5.69 Å². The molecule has 19 heavy (non-hydrogen) atoms. The molecule has 0 bridgehead atoms. The number of ether oxygens (including phenoxy) is 1. The van der Waals surface area contributed by atoms with Crippen molar-refractivity contribution in [3.8, 4) is 5.88 Å². The Morgan fingerprint density at radius 3 is 2.63 bits per heavy atom. The van der Waals surface area contributed by atoms with Gasteiger partial charge in [-0.05, 0) is 19.3 Å². The average molecular weight is 268 g/mol. The van der Waals surface area contributed by atoms with Crippen molar-refractivity contribution < 1.29 is 9.66 Å². The summed E-state index contributed by atoms with van der Waals surface area (Å²) in [6.07, 6.45) is 1.96. The van der Waals surface area contributed by atoms with Crippen molar-refractivity contribution in [2.75, 3.05) is 11.9 Å². The highest BCUT2D eigenvalue weighted by molar-refractivity contribution is 5.61. The van der Waals surface area contributed by atoms with Crippen LogP contribution in [0.5, 0.6) is 5.88 Å². The molecule has 1 atom stereocenters. The third kappa shape index (κ3) is 4.04. The van der Waals surface area contributed by atoms with Crippen LogP contribution in [-0.4, -0.2) is 27.5 Å².